The molecule has 2 rings (SSSR count). The van der Waals surface area contributed by atoms with E-state index in [1.807, 2.05) is 0 Å². The summed E-state index contributed by atoms with van der Waals surface area (Å²) in [5, 5.41) is 7.46. The van der Waals surface area contributed by atoms with Crippen LogP contribution < -0.4 is 5.32 Å². The lowest BCUT2D eigenvalue weighted by Crippen LogP contribution is -2.40. The second-order valence-electron chi connectivity index (χ2n) is 4.53. The number of aryl methyl sites for hydroxylation is 1. The standard InChI is InChI=1S/C12H18BrN3O2/c1-3-4-14-10-7-18-6-8(10)12(17)11-9(13)5-15-16(11)2/h5,8,10,14H,3-4,6-7H2,1-2H3. The highest BCUT2D eigenvalue weighted by atomic mass is 79.9. The van der Waals surface area contributed by atoms with Crippen LogP contribution in [0.5, 0.6) is 0 Å². The van der Waals surface area contributed by atoms with Crippen LogP contribution in [-0.4, -0.2) is 41.4 Å². The van der Waals surface area contributed by atoms with E-state index < -0.39 is 0 Å². The molecule has 1 aromatic heterocycles. The van der Waals surface area contributed by atoms with Crippen molar-refractivity contribution in [3.05, 3.63) is 16.4 Å². The second kappa shape index (κ2) is 5.95. The molecule has 0 bridgehead atoms. The van der Waals surface area contributed by atoms with Crippen LogP contribution in [0.25, 0.3) is 0 Å². The number of ketones is 1. The minimum Gasteiger partial charge on any atom is -0.379 e. The summed E-state index contributed by atoms with van der Waals surface area (Å²) in [6.45, 7) is 4.10. The van der Waals surface area contributed by atoms with Crippen molar-refractivity contribution in [2.45, 2.75) is 19.4 Å². The molecule has 1 saturated heterocycles. The van der Waals surface area contributed by atoms with Crippen molar-refractivity contribution >= 4 is 21.7 Å². The van der Waals surface area contributed by atoms with Crippen molar-refractivity contribution in [1.82, 2.24) is 15.1 Å². The summed E-state index contributed by atoms with van der Waals surface area (Å²) in [5.74, 6) is -0.0313. The fraction of sp³-hybridized carbons (Fsp3) is 0.667. The highest BCUT2D eigenvalue weighted by Crippen LogP contribution is 2.24. The van der Waals surface area contributed by atoms with E-state index in [2.05, 4.69) is 33.3 Å². The first-order chi connectivity index (χ1) is 8.65. The van der Waals surface area contributed by atoms with Crippen molar-refractivity contribution < 1.29 is 9.53 Å². The van der Waals surface area contributed by atoms with E-state index in [1.54, 1.807) is 17.9 Å². The summed E-state index contributed by atoms with van der Waals surface area (Å²) < 4.78 is 7.80. The third-order valence-corrected chi connectivity index (χ3v) is 3.78. The Morgan fingerprint density at radius 2 is 2.44 bits per heavy atom. The van der Waals surface area contributed by atoms with E-state index in [-0.39, 0.29) is 17.7 Å². The number of carbonyl (C=O) groups excluding carboxylic acids is 1. The minimum atomic E-state index is -0.122. The molecule has 1 fully saturated rings. The summed E-state index contributed by atoms with van der Waals surface area (Å²) >= 11 is 3.37. The normalized spacial score (nSPS) is 23.5. The number of hydrogen-bond donors (Lipinski definition) is 1. The lowest BCUT2D eigenvalue weighted by molar-refractivity contribution is 0.0881. The minimum absolute atomic E-state index is 0.0907. The van der Waals surface area contributed by atoms with Crippen molar-refractivity contribution in [1.29, 1.82) is 0 Å². The first kappa shape index (κ1) is 13.7. The fourth-order valence-electron chi connectivity index (χ4n) is 2.21. The quantitative estimate of drug-likeness (QED) is 0.834. The van der Waals surface area contributed by atoms with Crippen molar-refractivity contribution in [2.75, 3.05) is 19.8 Å². The Bertz CT molecular complexity index is 413. The third kappa shape index (κ3) is 2.65. The highest BCUT2D eigenvalue weighted by Gasteiger charge is 2.36. The van der Waals surface area contributed by atoms with E-state index >= 15 is 0 Å². The molecule has 2 unspecified atom stereocenters. The number of halogens is 1. The number of rotatable bonds is 5. The van der Waals surface area contributed by atoms with E-state index in [0.717, 1.165) is 17.4 Å². The molecular weight excluding hydrogens is 298 g/mol. The van der Waals surface area contributed by atoms with Gasteiger partial charge in [-0.25, -0.2) is 0 Å². The van der Waals surface area contributed by atoms with Crippen LogP contribution in [0.4, 0.5) is 0 Å². The SMILES string of the molecule is CCCNC1COCC1C(=O)c1c(Br)cnn1C. The van der Waals surface area contributed by atoms with Gasteiger partial charge in [-0.2, -0.15) is 5.10 Å². The number of Topliss-reactive ketones (excluding diaryl/α,β-unsaturated/α-hetero) is 1. The largest absolute Gasteiger partial charge is 0.379 e. The summed E-state index contributed by atoms with van der Waals surface area (Å²) in [4.78, 5) is 12.5. The van der Waals surface area contributed by atoms with Crippen LogP contribution in [-0.2, 0) is 11.8 Å². The van der Waals surface area contributed by atoms with E-state index in [4.69, 9.17) is 4.74 Å². The predicted octanol–water partition coefficient (Wildman–Crippen LogP) is 1.38. The number of ether oxygens (including phenoxy) is 1. The van der Waals surface area contributed by atoms with Gasteiger partial charge in [-0.05, 0) is 28.9 Å². The monoisotopic (exact) mass is 315 g/mol. The first-order valence-electron chi connectivity index (χ1n) is 6.18. The van der Waals surface area contributed by atoms with Crippen LogP contribution in [0.15, 0.2) is 10.7 Å². The molecule has 0 aliphatic carbocycles. The maximum Gasteiger partial charge on any atom is 0.189 e. The highest BCUT2D eigenvalue weighted by molar-refractivity contribution is 9.10. The van der Waals surface area contributed by atoms with Crippen molar-refractivity contribution in [2.24, 2.45) is 13.0 Å². The topological polar surface area (TPSA) is 56.1 Å². The molecular formula is C12H18BrN3O2. The zero-order chi connectivity index (χ0) is 13.1. The average Bonchev–Trinajstić information content (AvgIpc) is 2.93. The summed E-state index contributed by atoms with van der Waals surface area (Å²) in [7, 11) is 1.78. The van der Waals surface area contributed by atoms with E-state index in [9.17, 15) is 4.79 Å². The summed E-state index contributed by atoms with van der Waals surface area (Å²) in [6.07, 6.45) is 2.70. The smallest absolute Gasteiger partial charge is 0.189 e. The van der Waals surface area contributed by atoms with Gasteiger partial charge < -0.3 is 10.1 Å². The molecule has 0 spiro atoms. The Hall–Kier alpha value is -0.720. The van der Waals surface area contributed by atoms with Crippen molar-refractivity contribution in [3.63, 3.8) is 0 Å². The Balaban J connectivity index is 2.13. The fourth-order valence-corrected chi connectivity index (χ4v) is 2.75. The molecule has 1 aliphatic heterocycles. The number of carbonyl (C=O) groups is 1. The molecule has 0 amide bonds. The molecule has 2 atom stereocenters. The Morgan fingerprint density at radius 1 is 1.67 bits per heavy atom. The van der Waals surface area contributed by atoms with Gasteiger partial charge in [0.2, 0.25) is 0 Å². The molecule has 1 aromatic rings. The molecule has 1 aliphatic rings. The molecule has 0 saturated carbocycles. The molecule has 0 aromatic carbocycles. The number of nitrogens with zero attached hydrogens (tertiary/aromatic N) is 2. The number of aromatic nitrogens is 2. The van der Waals surface area contributed by atoms with Gasteiger partial charge in [0.05, 0.1) is 29.8 Å². The second-order valence-corrected chi connectivity index (χ2v) is 5.39. The van der Waals surface area contributed by atoms with Gasteiger partial charge in [-0.1, -0.05) is 6.92 Å². The molecule has 6 heteroatoms. The average molecular weight is 316 g/mol. The van der Waals surface area contributed by atoms with Crippen LogP contribution in [0.2, 0.25) is 0 Å². The predicted molar refractivity (Wildman–Crippen MR) is 71.6 cm³/mol. The van der Waals surface area contributed by atoms with Crippen molar-refractivity contribution in [3.8, 4) is 0 Å². The zero-order valence-corrected chi connectivity index (χ0v) is 12.2. The molecule has 5 nitrogen and oxygen atoms in total. The van der Waals surface area contributed by atoms with Crippen LogP contribution in [0, 0.1) is 5.92 Å². The molecule has 1 N–H and O–H groups in total. The van der Waals surface area contributed by atoms with Gasteiger partial charge in [0.1, 0.15) is 5.69 Å². The third-order valence-electron chi connectivity index (χ3n) is 3.20. The lowest BCUT2D eigenvalue weighted by Gasteiger charge is -2.17. The van der Waals surface area contributed by atoms with E-state index in [0.29, 0.717) is 18.9 Å². The Morgan fingerprint density at radius 3 is 3.06 bits per heavy atom. The Labute approximate surface area is 115 Å². The maximum atomic E-state index is 12.5. The van der Waals surface area contributed by atoms with E-state index in [1.165, 1.54) is 0 Å². The lowest BCUT2D eigenvalue weighted by atomic mass is 9.96. The summed E-state index contributed by atoms with van der Waals surface area (Å²) in [6, 6.07) is 0.110. The number of nitrogens with one attached hydrogen (secondary N) is 1. The number of hydrogen-bond acceptors (Lipinski definition) is 4. The van der Waals surface area contributed by atoms with Gasteiger partial charge in [0.15, 0.2) is 5.78 Å². The molecule has 2 heterocycles. The van der Waals surface area contributed by atoms with Crippen LogP contribution >= 0.6 is 15.9 Å². The van der Waals surface area contributed by atoms with Gasteiger partial charge in [0.25, 0.3) is 0 Å². The van der Waals surface area contributed by atoms with Gasteiger partial charge in [-0.3, -0.25) is 9.48 Å². The van der Waals surface area contributed by atoms with Gasteiger partial charge >= 0.3 is 0 Å². The molecule has 100 valence electrons. The zero-order valence-electron chi connectivity index (χ0n) is 10.6. The molecule has 18 heavy (non-hydrogen) atoms. The van der Waals surface area contributed by atoms with Crippen LogP contribution in [0.3, 0.4) is 0 Å². The van der Waals surface area contributed by atoms with Gasteiger partial charge in [0, 0.05) is 13.1 Å². The summed E-state index contributed by atoms with van der Waals surface area (Å²) in [5.41, 5.74) is 0.619. The first-order valence-corrected chi connectivity index (χ1v) is 6.97. The Kier molecular flexibility index (Phi) is 4.53. The van der Waals surface area contributed by atoms with Gasteiger partial charge in [-0.15, -0.1) is 0 Å². The van der Waals surface area contributed by atoms with Crippen LogP contribution in [0.1, 0.15) is 23.8 Å². The molecule has 0 radical (unpaired) electrons. The maximum absolute atomic E-state index is 12.5.